The molecular formula is C12H20N4O. The molecule has 1 saturated heterocycles. The van der Waals surface area contributed by atoms with Crippen LogP contribution in [0.25, 0.3) is 0 Å². The number of hydrogen-bond acceptors (Lipinski definition) is 5. The van der Waals surface area contributed by atoms with Crippen LogP contribution in [0.4, 0.5) is 5.82 Å². The lowest BCUT2D eigenvalue weighted by Gasteiger charge is -2.40. The summed E-state index contributed by atoms with van der Waals surface area (Å²) >= 11 is 0. The Hall–Kier alpha value is -1.33. The molecule has 1 aromatic rings. The van der Waals surface area contributed by atoms with Gasteiger partial charge >= 0.3 is 0 Å². The third-order valence-corrected chi connectivity index (χ3v) is 3.20. The molecule has 2 rings (SSSR count). The van der Waals surface area contributed by atoms with Crippen molar-refractivity contribution in [3.8, 4) is 5.75 Å². The Bertz CT molecular complexity index is 371. The Morgan fingerprint density at radius 1 is 1.53 bits per heavy atom. The molecule has 1 atom stereocenters. The van der Waals surface area contributed by atoms with Crippen LogP contribution >= 0.6 is 0 Å². The molecule has 17 heavy (non-hydrogen) atoms. The van der Waals surface area contributed by atoms with Gasteiger partial charge in [0.05, 0.1) is 13.2 Å². The topological polar surface area (TPSA) is 54.6 Å². The average Bonchev–Trinajstić information content (AvgIpc) is 2.38. The number of nitrogens with two attached hydrogens (primary N) is 1. The standard InChI is InChI=1S/C12H20N4O/c1-15-6-7-16(10(8-13)9-15)12-11(17-2)4-3-5-14-12/h3-5,10H,6-9,13H2,1-2H3. The summed E-state index contributed by atoms with van der Waals surface area (Å²) in [5.74, 6) is 1.72. The van der Waals surface area contributed by atoms with Gasteiger partial charge < -0.3 is 20.3 Å². The zero-order valence-corrected chi connectivity index (χ0v) is 10.5. The SMILES string of the molecule is COc1cccnc1N1CCN(C)CC1CN. The number of ether oxygens (including phenoxy) is 1. The van der Waals surface area contributed by atoms with E-state index in [1.807, 2.05) is 12.1 Å². The Morgan fingerprint density at radius 3 is 3.06 bits per heavy atom. The van der Waals surface area contributed by atoms with Crippen LogP contribution in [0.3, 0.4) is 0 Å². The molecule has 94 valence electrons. The number of anilines is 1. The molecule has 0 radical (unpaired) electrons. The highest BCUT2D eigenvalue weighted by molar-refractivity contribution is 5.53. The van der Waals surface area contributed by atoms with E-state index >= 15 is 0 Å². The maximum Gasteiger partial charge on any atom is 0.171 e. The highest BCUT2D eigenvalue weighted by Crippen LogP contribution is 2.27. The Kier molecular flexibility index (Phi) is 3.81. The van der Waals surface area contributed by atoms with Crippen LogP contribution in [-0.4, -0.2) is 56.3 Å². The third kappa shape index (κ3) is 2.50. The summed E-state index contributed by atoms with van der Waals surface area (Å²) < 4.78 is 5.36. The van der Waals surface area contributed by atoms with E-state index in [0.717, 1.165) is 31.2 Å². The fourth-order valence-corrected chi connectivity index (χ4v) is 2.25. The maximum atomic E-state index is 5.85. The Labute approximate surface area is 102 Å². The molecule has 1 fully saturated rings. The first-order valence-corrected chi connectivity index (χ1v) is 5.90. The summed E-state index contributed by atoms with van der Waals surface area (Å²) in [4.78, 5) is 8.97. The summed E-state index contributed by atoms with van der Waals surface area (Å²) in [5, 5.41) is 0. The second-order valence-electron chi connectivity index (χ2n) is 4.37. The van der Waals surface area contributed by atoms with Crippen LogP contribution in [0, 0.1) is 0 Å². The lowest BCUT2D eigenvalue weighted by molar-refractivity contribution is 0.267. The summed E-state index contributed by atoms with van der Waals surface area (Å²) in [7, 11) is 3.80. The minimum atomic E-state index is 0.303. The van der Waals surface area contributed by atoms with Gasteiger partial charge in [-0.05, 0) is 19.2 Å². The van der Waals surface area contributed by atoms with E-state index in [2.05, 4.69) is 21.8 Å². The smallest absolute Gasteiger partial charge is 0.171 e. The van der Waals surface area contributed by atoms with E-state index in [1.54, 1.807) is 13.3 Å². The van der Waals surface area contributed by atoms with E-state index in [4.69, 9.17) is 10.5 Å². The number of likely N-dealkylation sites (N-methyl/N-ethyl adjacent to an activating group) is 1. The minimum absolute atomic E-state index is 0.303. The van der Waals surface area contributed by atoms with Gasteiger partial charge in [0.15, 0.2) is 11.6 Å². The van der Waals surface area contributed by atoms with Crippen molar-refractivity contribution in [1.29, 1.82) is 0 Å². The first-order chi connectivity index (χ1) is 8.26. The molecule has 0 aliphatic carbocycles. The van der Waals surface area contributed by atoms with Crippen LogP contribution in [0.1, 0.15) is 0 Å². The molecule has 0 aromatic carbocycles. The van der Waals surface area contributed by atoms with Crippen LogP contribution in [-0.2, 0) is 0 Å². The molecule has 2 N–H and O–H groups in total. The molecule has 0 spiro atoms. The van der Waals surface area contributed by atoms with Gasteiger partial charge in [0.1, 0.15) is 0 Å². The normalized spacial score (nSPS) is 21.6. The number of rotatable bonds is 3. The Balaban J connectivity index is 2.25. The first-order valence-electron chi connectivity index (χ1n) is 5.90. The molecule has 5 heteroatoms. The average molecular weight is 236 g/mol. The van der Waals surface area contributed by atoms with Gasteiger partial charge in [0, 0.05) is 32.4 Å². The van der Waals surface area contributed by atoms with Gasteiger partial charge in [-0.3, -0.25) is 0 Å². The zero-order valence-electron chi connectivity index (χ0n) is 10.5. The van der Waals surface area contributed by atoms with Gasteiger partial charge in [-0.15, -0.1) is 0 Å². The number of aromatic nitrogens is 1. The summed E-state index contributed by atoms with van der Waals surface area (Å²) in [6, 6.07) is 4.13. The molecule has 1 aliphatic rings. The molecule has 1 aliphatic heterocycles. The maximum absolute atomic E-state index is 5.85. The lowest BCUT2D eigenvalue weighted by atomic mass is 10.1. The van der Waals surface area contributed by atoms with Gasteiger partial charge in [-0.1, -0.05) is 0 Å². The van der Waals surface area contributed by atoms with Crippen LogP contribution in [0.15, 0.2) is 18.3 Å². The molecule has 0 amide bonds. The summed E-state index contributed by atoms with van der Waals surface area (Å²) in [5.41, 5.74) is 5.85. The highest BCUT2D eigenvalue weighted by atomic mass is 16.5. The van der Waals surface area contributed by atoms with Gasteiger partial charge in [0.2, 0.25) is 0 Å². The highest BCUT2D eigenvalue weighted by Gasteiger charge is 2.26. The molecule has 2 heterocycles. The molecule has 0 saturated carbocycles. The number of hydrogen-bond donors (Lipinski definition) is 1. The summed E-state index contributed by atoms with van der Waals surface area (Å²) in [6.07, 6.45) is 1.80. The molecule has 1 aromatic heterocycles. The minimum Gasteiger partial charge on any atom is -0.493 e. The van der Waals surface area contributed by atoms with Crippen molar-refractivity contribution in [2.24, 2.45) is 5.73 Å². The van der Waals surface area contributed by atoms with Crippen molar-refractivity contribution in [3.63, 3.8) is 0 Å². The van der Waals surface area contributed by atoms with Gasteiger partial charge in [0.25, 0.3) is 0 Å². The number of pyridine rings is 1. The van der Waals surface area contributed by atoms with Crippen molar-refractivity contribution in [2.45, 2.75) is 6.04 Å². The van der Waals surface area contributed by atoms with Crippen molar-refractivity contribution in [1.82, 2.24) is 9.88 Å². The van der Waals surface area contributed by atoms with Crippen molar-refractivity contribution >= 4 is 5.82 Å². The van der Waals surface area contributed by atoms with E-state index in [0.29, 0.717) is 12.6 Å². The predicted molar refractivity (Wildman–Crippen MR) is 68.5 cm³/mol. The quantitative estimate of drug-likeness (QED) is 0.811. The molecule has 1 unspecified atom stereocenters. The number of nitrogens with zero attached hydrogens (tertiary/aromatic N) is 3. The van der Waals surface area contributed by atoms with E-state index in [-0.39, 0.29) is 0 Å². The second-order valence-corrected chi connectivity index (χ2v) is 4.37. The van der Waals surface area contributed by atoms with E-state index in [1.165, 1.54) is 0 Å². The number of methoxy groups -OCH3 is 1. The van der Waals surface area contributed by atoms with Gasteiger partial charge in [-0.2, -0.15) is 0 Å². The van der Waals surface area contributed by atoms with Gasteiger partial charge in [-0.25, -0.2) is 4.98 Å². The van der Waals surface area contributed by atoms with Crippen LogP contribution in [0.2, 0.25) is 0 Å². The van der Waals surface area contributed by atoms with Crippen molar-refractivity contribution in [3.05, 3.63) is 18.3 Å². The van der Waals surface area contributed by atoms with E-state index in [9.17, 15) is 0 Å². The first kappa shape index (κ1) is 12.1. The number of piperazine rings is 1. The van der Waals surface area contributed by atoms with E-state index < -0.39 is 0 Å². The van der Waals surface area contributed by atoms with Crippen LogP contribution < -0.4 is 15.4 Å². The fraction of sp³-hybridized carbons (Fsp3) is 0.583. The van der Waals surface area contributed by atoms with Crippen molar-refractivity contribution < 1.29 is 4.74 Å². The monoisotopic (exact) mass is 236 g/mol. The second kappa shape index (κ2) is 5.33. The summed E-state index contributed by atoms with van der Waals surface area (Å²) in [6.45, 7) is 3.56. The molecule has 0 bridgehead atoms. The largest absolute Gasteiger partial charge is 0.493 e. The Morgan fingerprint density at radius 2 is 2.35 bits per heavy atom. The fourth-order valence-electron chi connectivity index (χ4n) is 2.25. The third-order valence-electron chi connectivity index (χ3n) is 3.20. The molecule has 5 nitrogen and oxygen atoms in total. The van der Waals surface area contributed by atoms with Crippen LogP contribution in [0.5, 0.6) is 5.75 Å². The molecular weight excluding hydrogens is 216 g/mol. The predicted octanol–water partition coefficient (Wildman–Crippen LogP) is 0.169. The lowest BCUT2D eigenvalue weighted by Crippen LogP contribution is -2.55. The zero-order chi connectivity index (χ0) is 12.3. The van der Waals surface area contributed by atoms with Crippen molar-refractivity contribution in [2.75, 3.05) is 45.2 Å².